The van der Waals surface area contributed by atoms with Gasteiger partial charge in [-0.1, -0.05) is 37.3 Å². The van der Waals surface area contributed by atoms with Crippen molar-refractivity contribution >= 4 is 41.3 Å². The molecule has 2 heterocycles. The lowest BCUT2D eigenvalue weighted by Gasteiger charge is -2.16. The molecule has 0 saturated carbocycles. The van der Waals surface area contributed by atoms with Gasteiger partial charge in [-0.2, -0.15) is 0 Å². The molecule has 148 valence electrons. The molecule has 1 atom stereocenters. The Morgan fingerprint density at radius 1 is 1.11 bits per heavy atom. The highest BCUT2D eigenvalue weighted by Gasteiger charge is 2.11. The van der Waals surface area contributed by atoms with Crippen LogP contribution in [0.2, 0.25) is 0 Å². The Morgan fingerprint density at radius 3 is 2.44 bits per heavy atom. The average Bonchev–Trinajstić information content (AvgIpc) is 3.37. The maximum atomic E-state index is 4.33. The van der Waals surface area contributed by atoms with E-state index in [1.807, 2.05) is 18.4 Å². The summed E-state index contributed by atoms with van der Waals surface area (Å²) in [6, 6.07) is 13.3. The van der Waals surface area contributed by atoms with Gasteiger partial charge in [0.25, 0.3) is 0 Å². The number of nitrogens with one attached hydrogen (secondary N) is 2. The monoisotopic (exact) mass is 498 g/mol. The Morgan fingerprint density at radius 2 is 1.81 bits per heavy atom. The second-order valence-electron chi connectivity index (χ2n) is 7.02. The molecule has 1 saturated heterocycles. The number of thiophene rings is 1. The van der Waals surface area contributed by atoms with Crippen LogP contribution >= 0.6 is 35.3 Å². The van der Waals surface area contributed by atoms with Gasteiger partial charge in [0.2, 0.25) is 0 Å². The zero-order valence-corrected chi connectivity index (χ0v) is 19.4. The number of hydrogen-bond acceptors (Lipinski definition) is 3. The van der Waals surface area contributed by atoms with E-state index in [1.165, 1.54) is 41.9 Å². The summed E-state index contributed by atoms with van der Waals surface area (Å²) in [5, 5.41) is 8.97. The molecule has 0 bridgehead atoms. The van der Waals surface area contributed by atoms with Crippen LogP contribution in [0.1, 0.15) is 41.7 Å². The van der Waals surface area contributed by atoms with Crippen LogP contribution in [0.5, 0.6) is 0 Å². The van der Waals surface area contributed by atoms with Gasteiger partial charge in [0.1, 0.15) is 0 Å². The molecule has 0 amide bonds. The van der Waals surface area contributed by atoms with Gasteiger partial charge in [0, 0.05) is 37.5 Å². The van der Waals surface area contributed by atoms with Crippen LogP contribution < -0.4 is 10.6 Å². The van der Waals surface area contributed by atoms with Crippen LogP contribution in [0, 0.1) is 0 Å². The third-order valence-corrected chi connectivity index (χ3v) is 6.02. The first-order valence-electron chi connectivity index (χ1n) is 9.52. The Labute approximate surface area is 184 Å². The van der Waals surface area contributed by atoms with Crippen LogP contribution in [-0.2, 0) is 13.1 Å². The molecule has 1 unspecified atom stereocenters. The lowest BCUT2D eigenvalue weighted by atomic mass is 10.1. The van der Waals surface area contributed by atoms with E-state index in [-0.39, 0.29) is 24.0 Å². The number of halogens is 1. The topological polar surface area (TPSA) is 39.7 Å². The van der Waals surface area contributed by atoms with Crippen molar-refractivity contribution in [3.8, 4) is 0 Å². The number of guanidine groups is 1. The first-order chi connectivity index (χ1) is 12.7. The summed E-state index contributed by atoms with van der Waals surface area (Å²) in [5.41, 5.74) is 2.69. The number of hydrogen-bond donors (Lipinski definition) is 2. The molecule has 1 aliphatic rings. The van der Waals surface area contributed by atoms with E-state index < -0.39 is 0 Å². The number of benzene rings is 1. The van der Waals surface area contributed by atoms with Gasteiger partial charge >= 0.3 is 0 Å². The van der Waals surface area contributed by atoms with Crippen LogP contribution in [0.15, 0.2) is 46.8 Å². The molecule has 1 aromatic carbocycles. The standard InChI is InChI=1S/C21H30N4S.HI/c1-17(20-6-5-13-26-20)14-23-21(22-2)24-15-18-7-9-19(10-8-18)16-25-11-3-4-12-25;/h5-10,13,17H,3-4,11-12,14-16H2,1-2H3,(H2,22,23,24);1H. The summed E-state index contributed by atoms with van der Waals surface area (Å²) in [6.45, 7) is 7.49. The summed E-state index contributed by atoms with van der Waals surface area (Å²) < 4.78 is 0. The quantitative estimate of drug-likeness (QED) is 0.337. The van der Waals surface area contributed by atoms with Gasteiger partial charge in [0.05, 0.1) is 0 Å². The first kappa shape index (κ1) is 22.2. The molecule has 1 aromatic heterocycles. The molecular formula is C21H31IN4S. The largest absolute Gasteiger partial charge is 0.356 e. The van der Waals surface area contributed by atoms with Crippen molar-refractivity contribution < 1.29 is 0 Å². The van der Waals surface area contributed by atoms with Gasteiger partial charge in [-0.05, 0) is 48.5 Å². The minimum absolute atomic E-state index is 0. The summed E-state index contributed by atoms with van der Waals surface area (Å²) >= 11 is 1.81. The molecule has 4 nitrogen and oxygen atoms in total. The fourth-order valence-corrected chi connectivity index (χ4v) is 4.08. The predicted octanol–water partition coefficient (Wildman–Crippen LogP) is 4.43. The van der Waals surface area contributed by atoms with Gasteiger partial charge in [-0.25, -0.2) is 0 Å². The third-order valence-electron chi connectivity index (χ3n) is 4.92. The number of likely N-dealkylation sites (tertiary alicyclic amines) is 1. The predicted molar refractivity (Wildman–Crippen MR) is 127 cm³/mol. The Balaban J connectivity index is 0.00000261. The molecule has 0 aliphatic carbocycles. The fourth-order valence-electron chi connectivity index (χ4n) is 3.29. The maximum Gasteiger partial charge on any atom is 0.191 e. The summed E-state index contributed by atoms with van der Waals surface area (Å²) in [5.74, 6) is 1.34. The Bertz CT molecular complexity index is 679. The first-order valence-corrected chi connectivity index (χ1v) is 10.4. The van der Waals surface area contributed by atoms with Crippen molar-refractivity contribution in [2.75, 3.05) is 26.7 Å². The third kappa shape index (κ3) is 7.08. The van der Waals surface area contributed by atoms with E-state index in [4.69, 9.17) is 0 Å². The van der Waals surface area contributed by atoms with Crippen molar-refractivity contribution in [3.63, 3.8) is 0 Å². The molecule has 0 spiro atoms. The average molecular weight is 498 g/mol. The summed E-state index contributed by atoms with van der Waals surface area (Å²) in [6.07, 6.45) is 2.69. The molecule has 1 aliphatic heterocycles. The minimum Gasteiger partial charge on any atom is -0.356 e. The highest BCUT2D eigenvalue weighted by molar-refractivity contribution is 14.0. The van der Waals surface area contributed by atoms with E-state index in [1.54, 1.807) is 0 Å². The zero-order chi connectivity index (χ0) is 18.2. The van der Waals surface area contributed by atoms with Gasteiger partial charge < -0.3 is 10.6 Å². The van der Waals surface area contributed by atoms with Crippen molar-refractivity contribution in [2.24, 2.45) is 4.99 Å². The molecule has 0 radical (unpaired) electrons. The Hall–Kier alpha value is -1.12. The Kier molecular flexibility index (Phi) is 9.58. The fraction of sp³-hybridized carbons (Fsp3) is 0.476. The molecule has 2 aromatic rings. The van der Waals surface area contributed by atoms with Crippen molar-refractivity contribution in [1.82, 2.24) is 15.5 Å². The molecule has 2 N–H and O–H groups in total. The molecule has 1 fully saturated rings. The van der Waals surface area contributed by atoms with Crippen molar-refractivity contribution in [2.45, 2.75) is 38.8 Å². The van der Waals surface area contributed by atoms with Crippen LogP contribution in [0.25, 0.3) is 0 Å². The minimum atomic E-state index is 0. The maximum absolute atomic E-state index is 4.33. The van der Waals surface area contributed by atoms with E-state index in [2.05, 4.69) is 69.2 Å². The van der Waals surface area contributed by atoms with Crippen molar-refractivity contribution in [3.05, 3.63) is 57.8 Å². The zero-order valence-electron chi connectivity index (χ0n) is 16.3. The summed E-state index contributed by atoms with van der Waals surface area (Å²) in [4.78, 5) is 8.27. The number of rotatable bonds is 7. The summed E-state index contributed by atoms with van der Waals surface area (Å²) in [7, 11) is 1.82. The number of aliphatic imine (C=N–C) groups is 1. The van der Waals surface area contributed by atoms with E-state index in [9.17, 15) is 0 Å². The second kappa shape index (κ2) is 11.7. The van der Waals surface area contributed by atoms with Gasteiger partial charge in [0.15, 0.2) is 5.96 Å². The van der Waals surface area contributed by atoms with Crippen LogP contribution in [0.3, 0.4) is 0 Å². The number of nitrogens with zero attached hydrogens (tertiary/aromatic N) is 2. The molecular weight excluding hydrogens is 467 g/mol. The van der Waals surface area contributed by atoms with Crippen LogP contribution in [0.4, 0.5) is 0 Å². The molecule has 6 heteroatoms. The van der Waals surface area contributed by atoms with E-state index in [0.717, 1.165) is 25.6 Å². The van der Waals surface area contributed by atoms with Crippen molar-refractivity contribution in [1.29, 1.82) is 0 Å². The van der Waals surface area contributed by atoms with Gasteiger partial charge in [-0.15, -0.1) is 35.3 Å². The highest BCUT2D eigenvalue weighted by Crippen LogP contribution is 2.19. The van der Waals surface area contributed by atoms with Crippen LogP contribution in [-0.4, -0.2) is 37.5 Å². The molecule has 27 heavy (non-hydrogen) atoms. The second-order valence-corrected chi connectivity index (χ2v) is 8.00. The van der Waals surface area contributed by atoms with E-state index >= 15 is 0 Å². The smallest absolute Gasteiger partial charge is 0.191 e. The lowest BCUT2D eigenvalue weighted by molar-refractivity contribution is 0.331. The molecule has 3 rings (SSSR count). The highest BCUT2D eigenvalue weighted by atomic mass is 127. The SMILES string of the molecule is CN=C(NCc1ccc(CN2CCCC2)cc1)NCC(C)c1cccs1.I. The van der Waals surface area contributed by atoms with E-state index in [0.29, 0.717) is 5.92 Å². The normalized spacial score (nSPS) is 16.0. The van der Waals surface area contributed by atoms with Gasteiger partial charge in [-0.3, -0.25) is 9.89 Å². The lowest BCUT2D eigenvalue weighted by Crippen LogP contribution is -2.38.